The second kappa shape index (κ2) is 8.34. The molecule has 0 aliphatic heterocycles. The van der Waals surface area contributed by atoms with Gasteiger partial charge in [0.2, 0.25) is 5.95 Å². The van der Waals surface area contributed by atoms with Crippen molar-refractivity contribution in [3.05, 3.63) is 54.4 Å². The van der Waals surface area contributed by atoms with Gasteiger partial charge < -0.3 is 15.4 Å². The molecule has 0 saturated carbocycles. The third-order valence-electron chi connectivity index (χ3n) is 3.80. The van der Waals surface area contributed by atoms with E-state index in [1.165, 1.54) is 18.2 Å². The maximum atomic E-state index is 12.4. The number of anilines is 3. The number of hydrogen-bond acceptors (Lipinski definition) is 6. The lowest BCUT2D eigenvalue weighted by Crippen LogP contribution is -2.17. The predicted octanol–water partition coefficient (Wildman–Crippen LogP) is 5.31. The predicted molar refractivity (Wildman–Crippen MR) is 105 cm³/mol. The van der Waals surface area contributed by atoms with Crippen LogP contribution >= 0.6 is 0 Å². The van der Waals surface area contributed by atoms with Crippen molar-refractivity contribution in [2.24, 2.45) is 0 Å². The summed E-state index contributed by atoms with van der Waals surface area (Å²) >= 11 is 0. The van der Waals surface area contributed by atoms with Gasteiger partial charge in [-0.05, 0) is 56.7 Å². The average molecular weight is 403 g/mol. The molecule has 29 heavy (non-hydrogen) atoms. The lowest BCUT2D eigenvalue weighted by Gasteiger charge is -2.15. The van der Waals surface area contributed by atoms with Gasteiger partial charge in [-0.2, -0.15) is 4.98 Å². The topological polar surface area (TPSA) is 72.0 Å². The van der Waals surface area contributed by atoms with Crippen molar-refractivity contribution in [1.82, 2.24) is 15.0 Å². The molecule has 0 radical (unpaired) electrons. The first kappa shape index (κ1) is 20.4. The third-order valence-corrected chi connectivity index (χ3v) is 3.80. The van der Waals surface area contributed by atoms with E-state index in [4.69, 9.17) is 0 Å². The van der Waals surface area contributed by atoms with E-state index < -0.39 is 6.36 Å². The van der Waals surface area contributed by atoms with Gasteiger partial charge in [0.15, 0.2) is 0 Å². The monoisotopic (exact) mass is 403 g/mol. The lowest BCUT2D eigenvalue weighted by atomic mass is 10.1. The number of aromatic nitrogens is 3. The van der Waals surface area contributed by atoms with Crippen molar-refractivity contribution >= 4 is 17.5 Å². The summed E-state index contributed by atoms with van der Waals surface area (Å²) in [6, 6.07) is 9.63. The summed E-state index contributed by atoms with van der Waals surface area (Å²) in [5.74, 6) is 0.648. The molecule has 2 heterocycles. The van der Waals surface area contributed by atoms with Crippen molar-refractivity contribution in [2.75, 3.05) is 10.6 Å². The molecule has 9 heteroatoms. The number of rotatable bonds is 6. The summed E-state index contributed by atoms with van der Waals surface area (Å²) in [6.45, 7) is 5.62. The van der Waals surface area contributed by atoms with Crippen molar-refractivity contribution in [2.45, 2.75) is 33.2 Å². The second-order valence-electron chi connectivity index (χ2n) is 6.65. The molecule has 0 aliphatic carbocycles. The van der Waals surface area contributed by atoms with Gasteiger partial charge in [0.25, 0.3) is 0 Å². The van der Waals surface area contributed by atoms with E-state index in [0.717, 1.165) is 5.56 Å². The van der Waals surface area contributed by atoms with Crippen molar-refractivity contribution in [1.29, 1.82) is 0 Å². The number of aryl methyl sites for hydroxylation is 1. The number of nitrogens with one attached hydrogen (secondary N) is 2. The van der Waals surface area contributed by atoms with Crippen LogP contribution in [0.2, 0.25) is 0 Å². The molecule has 0 spiro atoms. The Balaban J connectivity index is 1.92. The Kier molecular flexibility index (Phi) is 5.86. The number of ether oxygens (including phenoxy) is 1. The minimum atomic E-state index is -4.73. The van der Waals surface area contributed by atoms with Crippen LogP contribution in [0.4, 0.5) is 30.6 Å². The van der Waals surface area contributed by atoms with E-state index in [9.17, 15) is 13.2 Å². The Bertz CT molecular complexity index is 978. The van der Waals surface area contributed by atoms with Crippen molar-refractivity contribution in [3.8, 4) is 17.0 Å². The lowest BCUT2D eigenvalue weighted by molar-refractivity contribution is -0.274. The standard InChI is InChI=1S/C20H20F3N5O/c1-12(2)25-19-27-17(14-5-4-8-24-11-14)10-18(28-19)26-16-7-6-15(9-13(16)3)29-20(21,22)23/h4-12H,1-3H3,(H2,25,26,27,28). The summed E-state index contributed by atoms with van der Waals surface area (Å²) < 4.78 is 41.2. The quantitative estimate of drug-likeness (QED) is 0.581. The van der Waals surface area contributed by atoms with Crippen LogP contribution in [0.3, 0.4) is 0 Å². The number of benzene rings is 1. The maximum absolute atomic E-state index is 12.4. The minimum absolute atomic E-state index is 0.118. The zero-order valence-electron chi connectivity index (χ0n) is 16.1. The molecule has 3 aromatic rings. The van der Waals surface area contributed by atoms with Gasteiger partial charge >= 0.3 is 6.36 Å². The Morgan fingerprint density at radius 1 is 1.07 bits per heavy atom. The molecule has 0 saturated heterocycles. The van der Waals surface area contributed by atoms with E-state index in [0.29, 0.717) is 28.7 Å². The summed E-state index contributed by atoms with van der Waals surface area (Å²) in [7, 11) is 0. The molecular formula is C20H20F3N5O. The number of pyridine rings is 1. The first-order valence-electron chi connectivity index (χ1n) is 8.89. The van der Waals surface area contributed by atoms with Crippen LogP contribution in [0.1, 0.15) is 19.4 Å². The van der Waals surface area contributed by atoms with Gasteiger partial charge in [-0.15, -0.1) is 13.2 Å². The summed E-state index contributed by atoms with van der Waals surface area (Å²) in [5.41, 5.74) is 2.65. The maximum Gasteiger partial charge on any atom is 0.573 e. The highest BCUT2D eigenvalue weighted by Gasteiger charge is 2.31. The molecule has 0 bridgehead atoms. The van der Waals surface area contributed by atoms with Crippen LogP contribution in [-0.2, 0) is 0 Å². The summed E-state index contributed by atoms with van der Waals surface area (Å²) in [5, 5.41) is 6.30. The highest BCUT2D eigenvalue weighted by Crippen LogP contribution is 2.29. The van der Waals surface area contributed by atoms with Gasteiger partial charge in [0, 0.05) is 35.8 Å². The van der Waals surface area contributed by atoms with Crippen molar-refractivity contribution in [3.63, 3.8) is 0 Å². The van der Waals surface area contributed by atoms with Crippen LogP contribution in [0.5, 0.6) is 5.75 Å². The fraction of sp³-hybridized carbons (Fsp3) is 0.250. The number of hydrogen-bond donors (Lipinski definition) is 2. The minimum Gasteiger partial charge on any atom is -0.406 e. The molecule has 0 aliphatic rings. The van der Waals surface area contributed by atoms with Crippen LogP contribution in [0.25, 0.3) is 11.3 Å². The molecule has 1 aromatic carbocycles. The summed E-state index contributed by atoms with van der Waals surface area (Å²) in [4.78, 5) is 13.1. The van der Waals surface area contributed by atoms with E-state index in [1.54, 1.807) is 25.4 Å². The number of alkyl halides is 3. The van der Waals surface area contributed by atoms with Crippen LogP contribution in [0.15, 0.2) is 48.8 Å². The van der Waals surface area contributed by atoms with E-state index in [-0.39, 0.29) is 11.8 Å². The first-order chi connectivity index (χ1) is 13.7. The Morgan fingerprint density at radius 2 is 1.86 bits per heavy atom. The first-order valence-corrected chi connectivity index (χ1v) is 8.89. The third kappa shape index (κ3) is 5.81. The van der Waals surface area contributed by atoms with Crippen LogP contribution < -0.4 is 15.4 Å². The molecule has 0 unspecified atom stereocenters. The average Bonchev–Trinajstić information content (AvgIpc) is 2.63. The normalized spacial score (nSPS) is 11.4. The molecule has 152 valence electrons. The molecule has 3 rings (SSSR count). The zero-order valence-corrected chi connectivity index (χ0v) is 16.1. The second-order valence-corrected chi connectivity index (χ2v) is 6.65. The molecule has 0 fully saturated rings. The van der Waals surface area contributed by atoms with E-state index >= 15 is 0 Å². The van der Waals surface area contributed by atoms with Crippen molar-refractivity contribution < 1.29 is 17.9 Å². The molecule has 2 N–H and O–H groups in total. The van der Waals surface area contributed by atoms with Crippen LogP contribution in [-0.4, -0.2) is 27.4 Å². The van der Waals surface area contributed by atoms with Gasteiger partial charge in [-0.1, -0.05) is 0 Å². The van der Waals surface area contributed by atoms with Gasteiger partial charge in [0.05, 0.1) is 5.69 Å². The molecule has 2 aromatic heterocycles. The fourth-order valence-electron chi connectivity index (χ4n) is 2.61. The number of nitrogens with zero attached hydrogens (tertiary/aromatic N) is 3. The molecule has 6 nitrogen and oxygen atoms in total. The highest BCUT2D eigenvalue weighted by molar-refractivity contribution is 5.68. The molecule has 0 amide bonds. The Morgan fingerprint density at radius 3 is 2.48 bits per heavy atom. The zero-order chi connectivity index (χ0) is 21.0. The summed E-state index contributed by atoms with van der Waals surface area (Å²) in [6.07, 6.45) is -1.37. The molecule has 0 atom stereocenters. The SMILES string of the molecule is Cc1cc(OC(F)(F)F)ccc1Nc1cc(-c2cccnc2)nc(NC(C)C)n1. The fourth-order valence-corrected chi connectivity index (χ4v) is 2.61. The highest BCUT2D eigenvalue weighted by atomic mass is 19.4. The van der Waals surface area contributed by atoms with E-state index in [1.807, 2.05) is 26.0 Å². The van der Waals surface area contributed by atoms with Gasteiger partial charge in [0.1, 0.15) is 11.6 Å². The largest absolute Gasteiger partial charge is 0.573 e. The Hall–Kier alpha value is -3.36. The number of halogens is 3. The van der Waals surface area contributed by atoms with Gasteiger partial charge in [-0.25, -0.2) is 4.98 Å². The van der Waals surface area contributed by atoms with E-state index in [2.05, 4.69) is 30.3 Å². The smallest absolute Gasteiger partial charge is 0.406 e. The van der Waals surface area contributed by atoms with Gasteiger partial charge in [-0.3, -0.25) is 4.98 Å². The van der Waals surface area contributed by atoms with Crippen LogP contribution in [0, 0.1) is 6.92 Å². The Labute approximate surface area is 166 Å². The molecular weight excluding hydrogens is 383 g/mol.